The molecule has 0 aliphatic heterocycles. The maximum absolute atomic E-state index is 4.29. The molecule has 60 valence electrons. The molecule has 0 spiro atoms. The van der Waals surface area contributed by atoms with Crippen molar-refractivity contribution in [2.24, 2.45) is 0 Å². The van der Waals surface area contributed by atoms with Gasteiger partial charge in [0.2, 0.25) is 0 Å². The van der Waals surface area contributed by atoms with Crippen molar-refractivity contribution in [2.75, 3.05) is 0 Å². The van der Waals surface area contributed by atoms with E-state index in [2.05, 4.69) is 52.7 Å². The van der Waals surface area contributed by atoms with E-state index in [4.69, 9.17) is 0 Å². The van der Waals surface area contributed by atoms with E-state index in [1.165, 1.54) is 16.3 Å². The zero-order valence-electron chi connectivity index (χ0n) is 6.71. The normalized spacial score (nSPS) is 10.5. The lowest BCUT2D eigenvalue weighted by molar-refractivity contribution is 1.25. The first-order chi connectivity index (χ1) is 5.79. The average molecular weight is 269 g/mol. The molecule has 0 amide bonds. The molecular weight excluding hydrogens is 261 g/mol. The summed E-state index contributed by atoms with van der Waals surface area (Å²) in [6.45, 7) is 2.11. The molecule has 2 heteroatoms. The van der Waals surface area contributed by atoms with Gasteiger partial charge in [-0.2, -0.15) is 0 Å². The summed E-state index contributed by atoms with van der Waals surface area (Å²) in [5, 5.41) is 2.52. The average Bonchev–Trinajstić information content (AvgIpc) is 2.12. The molecule has 0 aliphatic carbocycles. The van der Waals surface area contributed by atoms with Gasteiger partial charge in [0.05, 0.1) is 0 Å². The summed E-state index contributed by atoms with van der Waals surface area (Å²) < 4.78 is 1.09. The van der Waals surface area contributed by atoms with Crippen LogP contribution in [0.3, 0.4) is 0 Å². The molecule has 1 aromatic carbocycles. The molecule has 0 aliphatic rings. The van der Waals surface area contributed by atoms with Gasteiger partial charge in [0.1, 0.15) is 3.70 Å². The Balaban J connectivity index is 2.91. The van der Waals surface area contributed by atoms with Crippen LogP contribution >= 0.6 is 22.6 Å². The summed E-state index contributed by atoms with van der Waals surface area (Å²) in [6, 6.07) is 8.32. The number of pyridine rings is 1. The predicted octanol–water partition coefficient (Wildman–Crippen LogP) is 3.15. The standard InChI is InChI=1S/C10H8IN/c1-7-9-5-3-2-4-8(9)6-12-10(7)11/h2-6H,1H3. The topological polar surface area (TPSA) is 12.9 Å². The third-order valence-corrected chi connectivity index (χ3v) is 3.08. The summed E-state index contributed by atoms with van der Waals surface area (Å²) in [6.07, 6.45) is 1.92. The molecule has 0 unspecified atom stereocenters. The van der Waals surface area contributed by atoms with Crippen molar-refractivity contribution in [3.8, 4) is 0 Å². The summed E-state index contributed by atoms with van der Waals surface area (Å²) in [4.78, 5) is 4.29. The Labute approximate surface area is 85.0 Å². The number of rotatable bonds is 0. The molecule has 12 heavy (non-hydrogen) atoms. The fraction of sp³-hybridized carbons (Fsp3) is 0.100. The van der Waals surface area contributed by atoms with E-state index >= 15 is 0 Å². The molecule has 0 saturated carbocycles. The Kier molecular flexibility index (Phi) is 2.00. The van der Waals surface area contributed by atoms with E-state index in [1.807, 2.05) is 12.3 Å². The number of aromatic nitrogens is 1. The van der Waals surface area contributed by atoms with Crippen LogP contribution in [0.25, 0.3) is 10.8 Å². The molecule has 0 fully saturated rings. The van der Waals surface area contributed by atoms with Gasteiger partial charge in [0.15, 0.2) is 0 Å². The molecule has 2 aromatic rings. The molecule has 0 N–H and O–H groups in total. The predicted molar refractivity (Wildman–Crippen MR) is 59.2 cm³/mol. The highest BCUT2D eigenvalue weighted by Crippen LogP contribution is 2.20. The largest absolute Gasteiger partial charge is 0.249 e. The van der Waals surface area contributed by atoms with Gasteiger partial charge in [0, 0.05) is 11.6 Å². The second-order valence-corrected chi connectivity index (χ2v) is 3.78. The first-order valence-corrected chi connectivity index (χ1v) is 4.87. The van der Waals surface area contributed by atoms with Gasteiger partial charge < -0.3 is 0 Å². The lowest BCUT2D eigenvalue weighted by atomic mass is 10.1. The molecule has 1 nitrogen and oxygen atoms in total. The SMILES string of the molecule is Cc1c(I)ncc2ccccc12. The van der Waals surface area contributed by atoms with Gasteiger partial charge in [-0.05, 0) is 40.5 Å². The number of hydrogen-bond acceptors (Lipinski definition) is 1. The third kappa shape index (κ3) is 1.20. The highest BCUT2D eigenvalue weighted by Gasteiger charge is 1.99. The Morgan fingerprint density at radius 2 is 2.00 bits per heavy atom. The van der Waals surface area contributed by atoms with Crippen LogP contribution in [0.1, 0.15) is 5.56 Å². The highest BCUT2D eigenvalue weighted by atomic mass is 127. The van der Waals surface area contributed by atoms with Crippen LogP contribution in [0.2, 0.25) is 0 Å². The van der Waals surface area contributed by atoms with E-state index in [0.29, 0.717) is 0 Å². The van der Waals surface area contributed by atoms with E-state index in [9.17, 15) is 0 Å². The first-order valence-electron chi connectivity index (χ1n) is 3.79. The lowest BCUT2D eigenvalue weighted by Crippen LogP contribution is -1.86. The van der Waals surface area contributed by atoms with Gasteiger partial charge >= 0.3 is 0 Å². The summed E-state index contributed by atoms with van der Waals surface area (Å²) in [5.41, 5.74) is 1.27. The molecular formula is C10H8IN. The van der Waals surface area contributed by atoms with Crippen molar-refractivity contribution < 1.29 is 0 Å². The Morgan fingerprint density at radius 3 is 2.83 bits per heavy atom. The van der Waals surface area contributed by atoms with Gasteiger partial charge in [-0.1, -0.05) is 24.3 Å². The number of hydrogen-bond donors (Lipinski definition) is 0. The second-order valence-electron chi connectivity index (χ2n) is 2.76. The Bertz CT molecular complexity index is 423. The first kappa shape index (κ1) is 7.98. The fourth-order valence-electron chi connectivity index (χ4n) is 1.29. The van der Waals surface area contributed by atoms with Crippen molar-refractivity contribution >= 4 is 33.4 Å². The smallest absolute Gasteiger partial charge is 0.104 e. The zero-order valence-corrected chi connectivity index (χ0v) is 8.87. The van der Waals surface area contributed by atoms with Gasteiger partial charge in [0.25, 0.3) is 0 Å². The van der Waals surface area contributed by atoms with Gasteiger partial charge in [-0.15, -0.1) is 0 Å². The molecule has 1 heterocycles. The van der Waals surface area contributed by atoms with Crippen molar-refractivity contribution in [1.82, 2.24) is 4.98 Å². The quantitative estimate of drug-likeness (QED) is 0.529. The summed E-state index contributed by atoms with van der Waals surface area (Å²) >= 11 is 2.26. The van der Waals surface area contributed by atoms with Crippen LogP contribution in [0, 0.1) is 10.6 Å². The van der Waals surface area contributed by atoms with Crippen molar-refractivity contribution in [2.45, 2.75) is 6.92 Å². The molecule has 0 saturated heterocycles. The lowest BCUT2D eigenvalue weighted by Gasteiger charge is -2.01. The van der Waals surface area contributed by atoms with E-state index in [0.717, 1.165) is 3.70 Å². The van der Waals surface area contributed by atoms with Crippen LogP contribution in [-0.2, 0) is 0 Å². The zero-order chi connectivity index (χ0) is 8.55. The maximum atomic E-state index is 4.29. The summed E-state index contributed by atoms with van der Waals surface area (Å²) in [5.74, 6) is 0. The minimum atomic E-state index is 1.09. The number of fused-ring (bicyclic) bond motifs is 1. The van der Waals surface area contributed by atoms with Crippen LogP contribution < -0.4 is 0 Å². The minimum absolute atomic E-state index is 1.09. The maximum Gasteiger partial charge on any atom is 0.104 e. The van der Waals surface area contributed by atoms with Crippen LogP contribution in [-0.4, -0.2) is 4.98 Å². The van der Waals surface area contributed by atoms with Crippen molar-refractivity contribution in [3.63, 3.8) is 0 Å². The number of halogens is 1. The fourth-order valence-corrected chi connectivity index (χ4v) is 1.72. The highest BCUT2D eigenvalue weighted by molar-refractivity contribution is 14.1. The molecule has 0 bridgehead atoms. The van der Waals surface area contributed by atoms with Crippen molar-refractivity contribution in [3.05, 3.63) is 39.7 Å². The minimum Gasteiger partial charge on any atom is -0.249 e. The monoisotopic (exact) mass is 269 g/mol. The Morgan fingerprint density at radius 1 is 1.25 bits per heavy atom. The van der Waals surface area contributed by atoms with Crippen LogP contribution in [0.5, 0.6) is 0 Å². The molecule has 0 radical (unpaired) electrons. The van der Waals surface area contributed by atoms with Gasteiger partial charge in [-0.3, -0.25) is 0 Å². The molecule has 1 aromatic heterocycles. The number of benzene rings is 1. The number of nitrogens with zero attached hydrogens (tertiary/aromatic N) is 1. The summed E-state index contributed by atoms with van der Waals surface area (Å²) in [7, 11) is 0. The van der Waals surface area contributed by atoms with Gasteiger partial charge in [-0.25, -0.2) is 4.98 Å². The second kappa shape index (κ2) is 3.01. The van der Waals surface area contributed by atoms with Crippen LogP contribution in [0.4, 0.5) is 0 Å². The number of aryl methyl sites for hydroxylation is 1. The van der Waals surface area contributed by atoms with E-state index < -0.39 is 0 Å². The third-order valence-electron chi connectivity index (χ3n) is 1.99. The molecule has 0 atom stereocenters. The Hall–Kier alpha value is -0.640. The van der Waals surface area contributed by atoms with E-state index in [1.54, 1.807) is 0 Å². The van der Waals surface area contributed by atoms with Crippen LogP contribution in [0.15, 0.2) is 30.5 Å². The molecule has 2 rings (SSSR count). The van der Waals surface area contributed by atoms with Crippen molar-refractivity contribution in [1.29, 1.82) is 0 Å². The van der Waals surface area contributed by atoms with E-state index in [-0.39, 0.29) is 0 Å².